The van der Waals surface area contributed by atoms with Crippen molar-refractivity contribution in [1.82, 2.24) is 14.7 Å². The van der Waals surface area contributed by atoms with E-state index in [4.69, 9.17) is 14.6 Å². The van der Waals surface area contributed by atoms with Crippen molar-refractivity contribution in [2.24, 2.45) is 0 Å². The normalized spacial score (nSPS) is 10.6. The van der Waals surface area contributed by atoms with Crippen molar-refractivity contribution in [2.75, 3.05) is 37.4 Å². The summed E-state index contributed by atoms with van der Waals surface area (Å²) in [6, 6.07) is 24.1. The number of methoxy groups -OCH3 is 1. The number of amides is 3. The van der Waals surface area contributed by atoms with Gasteiger partial charge < -0.3 is 25.0 Å². The second-order valence-electron chi connectivity index (χ2n) is 9.47. The number of anilines is 2. The molecule has 0 aliphatic carbocycles. The molecule has 0 aliphatic rings. The third kappa shape index (κ3) is 7.25. The van der Waals surface area contributed by atoms with Crippen LogP contribution in [0.25, 0.3) is 16.8 Å². The first kappa shape index (κ1) is 29.2. The minimum atomic E-state index is -0.371. The average molecular weight is 556 g/mol. The first-order chi connectivity index (χ1) is 19.9. The Balaban J connectivity index is 1.62. The molecular weight excluding hydrogens is 518 g/mol. The largest absolute Gasteiger partial charge is 0.497 e. The minimum Gasteiger partial charge on any atom is -0.497 e. The van der Waals surface area contributed by atoms with Gasteiger partial charge in [0.15, 0.2) is 0 Å². The van der Waals surface area contributed by atoms with Gasteiger partial charge in [-0.1, -0.05) is 55.8 Å². The zero-order chi connectivity index (χ0) is 29.2. The highest BCUT2D eigenvalue weighted by molar-refractivity contribution is 5.99. The Morgan fingerprint density at radius 3 is 2.32 bits per heavy atom. The van der Waals surface area contributed by atoms with Gasteiger partial charge in [0.05, 0.1) is 30.8 Å². The summed E-state index contributed by atoms with van der Waals surface area (Å²) in [4.78, 5) is 28.4. The molecule has 9 heteroatoms. The lowest BCUT2D eigenvalue weighted by molar-refractivity contribution is -0.116. The first-order valence-corrected chi connectivity index (χ1v) is 13.8. The maximum Gasteiger partial charge on any atom is 0.322 e. The summed E-state index contributed by atoms with van der Waals surface area (Å²) in [7, 11) is 1.61. The van der Waals surface area contributed by atoms with Crippen LogP contribution in [0, 0.1) is 6.92 Å². The van der Waals surface area contributed by atoms with E-state index in [9.17, 15) is 9.59 Å². The van der Waals surface area contributed by atoms with Crippen molar-refractivity contribution in [1.29, 1.82) is 0 Å². The highest BCUT2D eigenvalue weighted by Gasteiger charge is 2.23. The maximum atomic E-state index is 13.6. The van der Waals surface area contributed by atoms with Gasteiger partial charge in [-0.25, -0.2) is 9.48 Å². The molecule has 0 radical (unpaired) electrons. The van der Waals surface area contributed by atoms with Crippen LogP contribution in [0.5, 0.6) is 11.5 Å². The second-order valence-corrected chi connectivity index (χ2v) is 9.47. The number of benzene rings is 3. The zero-order valence-electron chi connectivity index (χ0n) is 24.0. The van der Waals surface area contributed by atoms with Crippen LogP contribution in [-0.4, -0.2) is 53.4 Å². The Morgan fingerprint density at radius 2 is 1.63 bits per heavy atom. The molecule has 0 unspecified atom stereocenters. The number of unbranched alkanes of at least 4 members (excludes halogenated alkanes) is 1. The number of carbonyl (C=O) groups excluding carboxylic acids is 2. The molecule has 0 saturated heterocycles. The molecule has 41 heavy (non-hydrogen) atoms. The van der Waals surface area contributed by atoms with Crippen LogP contribution >= 0.6 is 0 Å². The minimum absolute atomic E-state index is 0.135. The summed E-state index contributed by atoms with van der Waals surface area (Å²) in [6.07, 6.45) is 1.63. The van der Waals surface area contributed by atoms with E-state index in [0.29, 0.717) is 30.4 Å². The SMILES string of the molecule is CCCCN(CC(=O)Nc1c(-c2ccccc2)c(C)nn1-c1ccc(OC)cc1)C(=O)Nc1ccccc1OCC. The van der Waals surface area contributed by atoms with Gasteiger partial charge in [-0.3, -0.25) is 4.79 Å². The van der Waals surface area contributed by atoms with Gasteiger partial charge >= 0.3 is 6.03 Å². The number of nitrogens with zero attached hydrogens (tertiary/aromatic N) is 3. The van der Waals surface area contributed by atoms with Crippen molar-refractivity contribution in [3.8, 4) is 28.3 Å². The lowest BCUT2D eigenvalue weighted by Crippen LogP contribution is -2.41. The molecule has 0 spiro atoms. The van der Waals surface area contributed by atoms with Gasteiger partial charge in [0.1, 0.15) is 23.9 Å². The highest BCUT2D eigenvalue weighted by atomic mass is 16.5. The van der Waals surface area contributed by atoms with Crippen LogP contribution in [0.4, 0.5) is 16.3 Å². The summed E-state index contributed by atoms with van der Waals surface area (Å²) >= 11 is 0. The van der Waals surface area contributed by atoms with Gasteiger partial charge in [0.25, 0.3) is 0 Å². The number of ether oxygens (including phenoxy) is 2. The maximum absolute atomic E-state index is 13.6. The molecule has 2 N–H and O–H groups in total. The summed E-state index contributed by atoms with van der Waals surface area (Å²) in [5, 5.41) is 10.7. The second kappa shape index (κ2) is 14.0. The number of hydrogen-bond donors (Lipinski definition) is 2. The van der Waals surface area contributed by atoms with Crippen LogP contribution in [0.3, 0.4) is 0 Å². The number of para-hydroxylation sites is 2. The van der Waals surface area contributed by atoms with Crippen molar-refractivity contribution < 1.29 is 19.1 Å². The molecule has 1 heterocycles. The highest BCUT2D eigenvalue weighted by Crippen LogP contribution is 2.34. The smallest absolute Gasteiger partial charge is 0.322 e. The van der Waals surface area contributed by atoms with Gasteiger partial charge in [0, 0.05) is 12.1 Å². The molecule has 0 bridgehead atoms. The summed E-state index contributed by atoms with van der Waals surface area (Å²) in [5.41, 5.74) is 3.81. The fourth-order valence-corrected chi connectivity index (χ4v) is 4.50. The Bertz CT molecular complexity index is 1450. The van der Waals surface area contributed by atoms with Gasteiger partial charge in [-0.05, 0) is 62.2 Å². The van der Waals surface area contributed by atoms with Crippen molar-refractivity contribution >= 4 is 23.4 Å². The van der Waals surface area contributed by atoms with Gasteiger partial charge in [0.2, 0.25) is 5.91 Å². The molecule has 214 valence electrons. The Labute approximate surface area is 241 Å². The van der Waals surface area contributed by atoms with Crippen LogP contribution in [-0.2, 0) is 4.79 Å². The number of aromatic nitrogens is 2. The van der Waals surface area contributed by atoms with Crippen molar-refractivity contribution in [3.63, 3.8) is 0 Å². The molecular formula is C32H37N5O4. The van der Waals surface area contributed by atoms with Gasteiger partial charge in [-0.2, -0.15) is 5.10 Å². The van der Waals surface area contributed by atoms with Crippen LogP contribution in [0.2, 0.25) is 0 Å². The standard InChI is InChI=1S/C32H37N5O4/c1-5-7-21-36(32(39)33-27-15-11-12-16-28(27)41-6-2)22-29(38)34-31-30(24-13-9-8-10-14-24)23(3)35-37(31)25-17-19-26(40-4)20-18-25/h8-20H,5-7,21-22H2,1-4H3,(H,33,39)(H,34,38). The quantitative estimate of drug-likeness (QED) is 0.207. The van der Waals surface area contributed by atoms with E-state index < -0.39 is 0 Å². The predicted molar refractivity (Wildman–Crippen MR) is 162 cm³/mol. The molecule has 4 rings (SSSR count). The molecule has 0 aliphatic heterocycles. The van der Waals surface area contributed by atoms with E-state index in [2.05, 4.69) is 10.6 Å². The van der Waals surface area contributed by atoms with Crippen LogP contribution in [0.1, 0.15) is 32.4 Å². The summed E-state index contributed by atoms with van der Waals surface area (Å²) < 4.78 is 12.7. The molecule has 4 aromatic rings. The predicted octanol–water partition coefficient (Wildman–Crippen LogP) is 6.53. The zero-order valence-corrected chi connectivity index (χ0v) is 24.0. The fourth-order valence-electron chi connectivity index (χ4n) is 4.50. The van der Waals surface area contributed by atoms with Crippen molar-refractivity contribution in [2.45, 2.75) is 33.6 Å². The lowest BCUT2D eigenvalue weighted by atomic mass is 10.1. The Morgan fingerprint density at radius 1 is 0.927 bits per heavy atom. The van der Waals surface area contributed by atoms with E-state index in [1.807, 2.05) is 87.5 Å². The van der Waals surface area contributed by atoms with E-state index in [1.165, 1.54) is 4.90 Å². The van der Waals surface area contributed by atoms with Crippen molar-refractivity contribution in [3.05, 3.63) is 84.6 Å². The van der Waals surface area contributed by atoms with Crippen LogP contribution in [0.15, 0.2) is 78.9 Å². The number of rotatable bonds is 12. The number of carbonyl (C=O) groups is 2. The Hall–Kier alpha value is -4.79. The molecule has 3 aromatic carbocycles. The van der Waals surface area contributed by atoms with E-state index in [1.54, 1.807) is 23.9 Å². The number of urea groups is 1. The third-order valence-electron chi connectivity index (χ3n) is 6.53. The van der Waals surface area contributed by atoms with Gasteiger partial charge in [-0.15, -0.1) is 0 Å². The molecule has 1 aromatic heterocycles. The number of nitrogens with one attached hydrogen (secondary N) is 2. The fraction of sp³-hybridized carbons (Fsp3) is 0.281. The molecule has 9 nitrogen and oxygen atoms in total. The summed E-state index contributed by atoms with van der Waals surface area (Å²) in [5.74, 6) is 1.49. The topological polar surface area (TPSA) is 97.7 Å². The Kier molecular flexibility index (Phi) is 9.99. The third-order valence-corrected chi connectivity index (χ3v) is 6.53. The number of hydrogen-bond acceptors (Lipinski definition) is 5. The first-order valence-electron chi connectivity index (χ1n) is 13.8. The monoisotopic (exact) mass is 555 g/mol. The lowest BCUT2D eigenvalue weighted by Gasteiger charge is -2.23. The number of aryl methyl sites for hydroxylation is 1. The molecule has 0 atom stereocenters. The van der Waals surface area contributed by atoms with E-state index >= 15 is 0 Å². The van der Waals surface area contributed by atoms with E-state index in [0.717, 1.165) is 41.1 Å². The molecule has 3 amide bonds. The average Bonchev–Trinajstić information content (AvgIpc) is 3.31. The molecule has 0 fully saturated rings. The summed E-state index contributed by atoms with van der Waals surface area (Å²) in [6.45, 7) is 6.61. The van der Waals surface area contributed by atoms with Crippen LogP contribution < -0.4 is 20.1 Å². The van der Waals surface area contributed by atoms with E-state index in [-0.39, 0.29) is 18.5 Å². The molecule has 0 saturated carbocycles.